The standard InChI is InChI=1S/C20H23ClF2N4O/c1-2-26-7-8-27(19(12-26)16-6-5-15(22)10-17(16)21)11-14-4-3-13(9-18(14)23)20(28)25-24/h3-6,9-10,19H,2,7-8,11-12,24H2,1H3,(H,25,28). The SMILES string of the molecule is CCN1CCN(Cc2ccc(C(=O)NN)cc2F)C(c2ccc(F)cc2Cl)C1. The molecule has 1 atom stereocenters. The summed E-state index contributed by atoms with van der Waals surface area (Å²) >= 11 is 6.31. The molecule has 8 heteroatoms. The fourth-order valence-corrected chi connectivity index (χ4v) is 3.83. The average Bonchev–Trinajstić information content (AvgIpc) is 2.69. The quantitative estimate of drug-likeness (QED) is 0.453. The minimum atomic E-state index is -0.544. The number of hydrogen-bond acceptors (Lipinski definition) is 4. The molecular formula is C20H23ClF2N4O. The maximum Gasteiger partial charge on any atom is 0.265 e. The Labute approximate surface area is 168 Å². The van der Waals surface area contributed by atoms with Gasteiger partial charge in [0.15, 0.2) is 0 Å². The van der Waals surface area contributed by atoms with Crippen molar-refractivity contribution in [1.29, 1.82) is 0 Å². The Morgan fingerprint density at radius 3 is 2.68 bits per heavy atom. The molecule has 1 saturated heterocycles. The van der Waals surface area contributed by atoms with E-state index in [4.69, 9.17) is 17.4 Å². The van der Waals surface area contributed by atoms with E-state index in [-0.39, 0.29) is 17.4 Å². The van der Waals surface area contributed by atoms with E-state index in [1.165, 1.54) is 18.2 Å². The van der Waals surface area contributed by atoms with Gasteiger partial charge in [-0.15, -0.1) is 0 Å². The van der Waals surface area contributed by atoms with Gasteiger partial charge in [-0.25, -0.2) is 14.6 Å². The molecule has 28 heavy (non-hydrogen) atoms. The largest absolute Gasteiger partial charge is 0.300 e. The third kappa shape index (κ3) is 4.50. The van der Waals surface area contributed by atoms with Crippen molar-refractivity contribution in [3.63, 3.8) is 0 Å². The van der Waals surface area contributed by atoms with Gasteiger partial charge >= 0.3 is 0 Å². The first kappa shape index (κ1) is 20.7. The molecule has 1 heterocycles. The normalized spacial score (nSPS) is 18.2. The van der Waals surface area contributed by atoms with Crippen molar-refractivity contribution in [3.05, 3.63) is 69.7 Å². The molecule has 150 valence electrons. The minimum absolute atomic E-state index is 0.0896. The van der Waals surface area contributed by atoms with Crippen LogP contribution >= 0.6 is 11.6 Å². The molecule has 5 nitrogen and oxygen atoms in total. The van der Waals surface area contributed by atoms with Crippen molar-refractivity contribution in [2.24, 2.45) is 5.84 Å². The summed E-state index contributed by atoms with van der Waals surface area (Å²) in [5.41, 5.74) is 3.45. The first-order valence-corrected chi connectivity index (χ1v) is 9.51. The molecule has 0 spiro atoms. The molecular weight excluding hydrogens is 386 g/mol. The molecule has 1 fully saturated rings. The van der Waals surface area contributed by atoms with Crippen LogP contribution in [0.2, 0.25) is 5.02 Å². The molecule has 1 unspecified atom stereocenters. The lowest BCUT2D eigenvalue weighted by Crippen LogP contribution is -2.48. The molecule has 3 rings (SSSR count). The Hall–Kier alpha value is -2.06. The van der Waals surface area contributed by atoms with Crippen LogP contribution in [0, 0.1) is 11.6 Å². The van der Waals surface area contributed by atoms with Crippen molar-refractivity contribution in [2.45, 2.75) is 19.5 Å². The third-order valence-electron chi connectivity index (χ3n) is 5.16. The summed E-state index contributed by atoms with van der Waals surface area (Å²) in [6.45, 7) is 5.61. The van der Waals surface area contributed by atoms with E-state index in [9.17, 15) is 13.6 Å². The Kier molecular flexibility index (Phi) is 6.61. The maximum absolute atomic E-state index is 14.6. The van der Waals surface area contributed by atoms with E-state index in [2.05, 4.69) is 16.7 Å². The summed E-state index contributed by atoms with van der Waals surface area (Å²) in [6.07, 6.45) is 0. The number of carbonyl (C=O) groups excluding carboxylic acids is 1. The summed E-state index contributed by atoms with van der Waals surface area (Å²) in [4.78, 5) is 16.0. The van der Waals surface area contributed by atoms with Crippen molar-refractivity contribution in [2.75, 3.05) is 26.2 Å². The van der Waals surface area contributed by atoms with Crippen molar-refractivity contribution >= 4 is 17.5 Å². The average molecular weight is 409 g/mol. The Morgan fingerprint density at radius 2 is 2.04 bits per heavy atom. The lowest BCUT2D eigenvalue weighted by molar-refractivity contribution is 0.0704. The zero-order chi connectivity index (χ0) is 20.3. The maximum atomic E-state index is 14.6. The number of hydrazine groups is 1. The number of likely N-dealkylation sites (N-methyl/N-ethyl adjacent to an activating group) is 1. The molecule has 1 aliphatic heterocycles. The summed E-state index contributed by atoms with van der Waals surface area (Å²) in [5, 5.41) is 0.364. The molecule has 0 saturated carbocycles. The Bertz CT molecular complexity index is 864. The van der Waals surface area contributed by atoms with Gasteiger partial charge in [0.2, 0.25) is 0 Å². The molecule has 2 aromatic rings. The molecule has 0 radical (unpaired) electrons. The Morgan fingerprint density at radius 1 is 1.25 bits per heavy atom. The summed E-state index contributed by atoms with van der Waals surface area (Å²) in [6, 6.07) is 8.62. The highest BCUT2D eigenvalue weighted by Crippen LogP contribution is 2.32. The van der Waals surface area contributed by atoms with Gasteiger partial charge in [0.05, 0.1) is 0 Å². The number of nitrogen functional groups attached to an aromatic ring is 1. The number of benzene rings is 2. The number of carbonyl (C=O) groups is 1. The monoisotopic (exact) mass is 408 g/mol. The van der Waals surface area contributed by atoms with Crippen LogP contribution in [0.4, 0.5) is 8.78 Å². The van der Waals surface area contributed by atoms with Gasteiger partial charge in [-0.1, -0.05) is 30.7 Å². The first-order valence-electron chi connectivity index (χ1n) is 9.13. The van der Waals surface area contributed by atoms with E-state index in [0.717, 1.165) is 31.7 Å². The predicted molar refractivity (Wildman–Crippen MR) is 105 cm³/mol. The molecule has 0 aliphatic carbocycles. The van der Waals surface area contributed by atoms with Gasteiger partial charge in [0.25, 0.3) is 5.91 Å². The molecule has 0 aromatic heterocycles. The van der Waals surface area contributed by atoms with Crippen LogP contribution in [0.25, 0.3) is 0 Å². The van der Waals surface area contributed by atoms with Crippen molar-refractivity contribution < 1.29 is 13.6 Å². The predicted octanol–water partition coefficient (Wildman–Crippen LogP) is 3.10. The highest BCUT2D eigenvalue weighted by Gasteiger charge is 2.29. The minimum Gasteiger partial charge on any atom is -0.300 e. The third-order valence-corrected chi connectivity index (χ3v) is 5.49. The van der Waals surface area contributed by atoms with E-state index < -0.39 is 11.7 Å². The van der Waals surface area contributed by atoms with Gasteiger partial charge in [0, 0.05) is 48.4 Å². The Balaban J connectivity index is 1.87. The van der Waals surface area contributed by atoms with Crippen LogP contribution in [-0.2, 0) is 6.54 Å². The summed E-state index contributed by atoms with van der Waals surface area (Å²) in [5.74, 6) is 3.70. The second-order valence-electron chi connectivity index (χ2n) is 6.82. The van der Waals surface area contributed by atoms with Gasteiger partial charge in [0.1, 0.15) is 11.6 Å². The van der Waals surface area contributed by atoms with Crippen LogP contribution in [0.15, 0.2) is 36.4 Å². The number of amides is 1. The van der Waals surface area contributed by atoms with Gasteiger partial charge in [-0.3, -0.25) is 15.1 Å². The van der Waals surface area contributed by atoms with Gasteiger partial charge in [-0.2, -0.15) is 0 Å². The number of piperazine rings is 1. The summed E-state index contributed by atoms with van der Waals surface area (Å²) < 4.78 is 28.1. The number of nitrogens with zero attached hydrogens (tertiary/aromatic N) is 2. The number of nitrogens with two attached hydrogens (primary N) is 1. The molecule has 2 aromatic carbocycles. The fraction of sp³-hybridized carbons (Fsp3) is 0.350. The van der Waals surface area contributed by atoms with Crippen molar-refractivity contribution in [3.8, 4) is 0 Å². The van der Waals surface area contributed by atoms with E-state index in [0.29, 0.717) is 17.1 Å². The van der Waals surface area contributed by atoms with E-state index in [1.54, 1.807) is 18.2 Å². The van der Waals surface area contributed by atoms with E-state index in [1.807, 2.05) is 5.43 Å². The number of nitrogens with one attached hydrogen (secondary N) is 1. The molecule has 0 bridgehead atoms. The molecule has 3 N–H and O–H groups in total. The highest BCUT2D eigenvalue weighted by molar-refractivity contribution is 6.31. The second kappa shape index (κ2) is 8.96. The summed E-state index contributed by atoms with van der Waals surface area (Å²) in [7, 11) is 0. The van der Waals surface area contributed by atoms with Crippen LogP contribution in [0.5, 0.6) is 0 Å². The highest BCUT2D eigenvalue weighted by atomic mass is 35.5. The van der Waals surface area contributed by atoms with Crippen LogP contribution in [-0.4, -0.2) is 41.9 Å². The topological polar surface area (TPSA) is 61.6 Å². The first-order chi connectivity index (χ1) is 13.4. The number of hydrogen-bond donors (Lipinski definition) is 2. The zero-order valence-corrected chi connectivity index (χ0v) is 16.3. The van der Waals surface area contributed by atoms with E-state index >= 15 is 0 Å². The molecule has 1 aliphatic rings. The second-order valence-corrected chi connectivity index (χ2v) is 7.23. The van der Waals surface area contributed by atoms with Crippen LogP contribution in [0.3, 0.4) is 0 Å². The number of halogens is 3. The van der Waals surface area contributed by atoms with Gasteiger partial charge in [-0.05, 0) is 36.4 Å². The lowest BCUT2D eigenvalue weighted by Gasteiger charge is -2.41. The zero-order valence-electron chi connectivity index (χ0n) is 15.6. The number of rotatable bonds is 5. The van der Waals surface area contributed by atoms with Crippen molar-refractivity contribution in [1.82, 2.24) is 15.2 Å². The smallest absolute Gasteiger partial charge is 0.265 e. The molecule has 1 amide bonds. The lowest BCUT2D eigenvalue weighted by atomic mass is 10.0. The fourth-order valence-electron chi connectivity index (χ4n) is 3.54. The van der Waals surface area contributed by atoms with Gasteiger partial charge < -0.3 is 4.90 Å². The van der Waals surface area contributed by atoms with Crippen LogP contribution in [0.1, 0.15) is 34.5 Å². The van der Waals surface area contributed by atoms with Crippen LogP contribution < -0.4 is 11.3 Å².